The average Bonchev–Trinajstić information content (AvgIpc) is 2.95. The van der Waals surface area contributed by atoms with Gasteiger partial charge in [-0.15, -0.1) is 0 Å². The summed E-state index contributed by atoms with van der Waals surface area (Å²) in [5.74, 6) is 0.771. The van der Waals surface area contributed by atoms with E-state index in [1.165, 1.54) is 6.08 Å². The zero-order valence-corrected chi connectivity index (χ0v) is 24.0. The number of esters is 1. The molecule has 4 bridgehead atoms. The number of amides is 1. The fourth-order valence-corrected chi connectivity index (χ4v) is 6.46. The molecule has 7 rings (SSSR count). The largest absolute Gasteiger partial charge is 0.494 e. The smallest absolute Gasteiger partial charge is 0.329 e. The maximum Gasteiger partial charge on any atom is 0.329 e. The molecule has 40 heavy (non-hydrogen) atoms. The third-order valence-corrected chi connectivity index (χ3v) is 8.94. The van der Waals surface area contributed by atoms with Crippen LogP contribution in [0.15, 0.2) is 54.6 Å². The van der Waals surface area contributed by atoms with E-state index in [0.29, 0.717) is 30.9 Å². The third-order valence-electron chi connectivity index (χ3n) is 7.47. The van der Waals surface area contributed by atoms with Crippen molar-refractivity contribution in [2.75, 3.05) is 25.4 Å². The van der Waals surface area contributed by atoms with Crippen LogP contribution >= 0.6 is 0 Å². The Morgan fingerprint density at radius 3 is 2.45 bits per heavy atom. The number of sulfonamides is 1. The van der Waals surface area contributed by atoms with E-state index in [0.717, 1.165) is 56.5 Å². The molecule has 0 unspecified atom stereocenters. The molecule has 5 aliphatic rings. The van der Waals surface area contributed by atoms with Gasteiger partial charge in [0, 0.05) is 24.7 Å². The Morgan fingerprint density at radius 1 is 0.950 bits per heavy atom. The molecule has 216 valence electrons. The predicted octanol–water partition coefficient (Wildman–Crippen LogP) is 4.74. The number of carbonyl (C=O) groups is 2. The van der Waals surface area contributed by atoms with Crippen LogP contribution in [0.5, 0.6) is 11.5 Å². The van der Waals surface area contributed by atoms with Crippen molar-refractivity contribution in [2.24, 2.45) is 5.92 Å². The van der Waals surface area contributed by atoms with Gasteiger partial charge in [0.05, 0.1) is 12.4 Å². The minimum atomic E-state index is -3.70. The molecule has 0 aromatic heterocycles. The van der Waals surface area contributed by atoms with Gasteiger partial charge in [0.15, 0.2) is 0 Å². The summed E-state index contributed by atoms with van der Waals surface area (Å²) in [5.41, 5.74) is 1.34. The summed E-state index contributed by atoms with van der Waals surface area (Å²) in [5, 5.41) is 0. The van der Waals surface area contributed by atoms with Crippen molar-refractivity contribution in [3.63, 3.8) is 0 Å². The molecule has 5 heterocycles. The average molecular weight is 569 g/mol. The first-order chi connectivity index (χ1) is 19.3. The zero-order valence-electron chi connectivity index (χ0n) is 23.2. The predicted molar refractivity (Wildman–Crippen MR) is 156 cm³/mol. The highest BCUT2D eigenvalue weighted by molar-refractivity contribution is 7.89. The highest BCUT2D eigenvalue weighted by atomic mass is 32.2. The van der Waals surface area contributed by atoms with E-state index in [4.69, 9.17) is 9.47 Å². The Balaban J connectivity index is 1.59. The summed E-state index contributed by atoms with van der Waals surface area (Å²) in [6.07, 6.45) is 9.65. The lowest BCUT2D eigenvalue weighted by Crippen LogP contribution is -2.45. The van der Waals surface area contributed by atoms with Crippen molar-refractivity contribution in [2.45, 2.75) is 64.3 Å². The Bertz CT molecular complexity index is 1270. The van der Waals surface area contributed by atoms with Crippen LogP contribution in [0.1, 0.15) is 63.0 Å². The first-order valence-corrected chi connectivity index (χ1v) is 16.0. The van der Waals surface area contributed by atoms with Crippen LogP contribution in [-0.4, -0.2) is 56.7 Å². The van der Waals surface area contributed by atoms with Gasteiger partial charge in [0.1, 0.15) is 17.5 Å². The summed E-state index contributed by atoms with van der Waals surface area (Å²) < 4.78 is 39.7. The number of unbranched alkanes of at least 4 members (excludes halogenated alkanes) is 1. The molecule has 2 aromatic rings. The summed E-state index contributed by atoms with van der Waals surface area (Å²) >= 11 is 0. The normalized spacial score (nSPS) is 22.0. The number of hydrogen-bond donors (Lipinski definition) is 1. The molecule has 1 N–H and O–H groups in total. The quantitative estimate of drug-likeness (QED) is 0.413. The maximum atomic E-state index is 13.4. The zero-order chi connectivity index (χ0) is 28.4. The van der Waals surface area contributed by atoms with E-state index in [9.17, 15) is 18.0 Å². The van der Waals surface area contributed by atoms with Crippen molar-refractivity contribution in [1.82, 2.24) is 9.62 Å². The van der Waals surface area contributed by atoms with Crippen molar-refractivity contribution in [3.8, 4) is 11.5 Å². The number of carbonyl (C=O) groups excluding carboxylic acids is 2. The van der Waals surface area contributed by atoms with E-state index < -0.39 is 22.0 Å². The second-order valence-corrected chi connectivity index (χ2v) is 12.5. The van der Waals surface area contributed by atoms with Crippen molar-refractivity contribution in [3.05, 3.63) is 65.7 Å². The Kier molecular flexibility index (Phi) is 10.8. The van der Waals surface area contributed by atoms with E-state index in [1.54, 1.807) is 30.3 Å². The van der Waals surface area contributed by atoms with Crippen LogP contribution in [0, 0.1) is 5.92 Å². The Hall–Kier alpha value is -3.17. The topological polar surface area (TPSA) is 102 Å². The van der Waals surface area contributed by atoms with Crippen LogP contribution in [0.25, 0.3) is 6.08 Å². The van der Waals surface area contributed by atoms with Gasteiger partial charge in [0.2, 0.25) is 15.9 Å². The molecule has 0 spiro atoms. The summed E-state index contributed by atoms with van der Waals surface area (Å²) in [6.45, 7) is 3.99. The number of nitrogens with zero attached hydrogens (tertiary/aromatic N) is 1. The van der Waals surface area contributed by atoms with Crippen molar-refractivity contribution in [1.29, 1.82) is 0 Å². The molecule has 1 saturated heterocycles. The van der Waals surface area contributed by atoms with Gasteiger partial charge in [-0.2, -0.15) is 0 Å². The molecule has 0 saturated carbocycles. The van der Waals surface area contributed by atoms with Gasteiger partial charge in [-0.25, -0.2) is 17.9 Å². The van der Waals surface area contributed by atoms with E-state index in [-0.39, 0.29) is 23.8 Å². The SMILES string of the molecule is CCCCS(=O)(=O)N[C@H]1Cc2ccc(cc2)OCCCCC2CCN(CC2)C(=O)/C=C/c2ccccc2OC1=O. The first-order valence-electron chi connectivity index (χ1n) is 14.3. The minimum absolute atomic E-state index is 0.0697. The van der Waals surface area contributed by atoms with Gasteiger partial charge in [-0.05, 0) is 74.3 Å². The molecule has 0 radical (unpaired) electrons. The number of ether oxygens (including phenoxy) is 2. The second-order valence-electron chi connectivity index (χ2n) is 10.6. The fraction of sp³-hybridized carbons (Fsp3) is 0.484. The number of nitrogens with one attached hydrogen (secondary N) is 1. The van der Waals surface area contributed by atoms with Crippen LogP contribution < -0.4 is 14.2 Å². The minimum Gasteiger partial charge on any atom is -0.494 e. The molecule has 1 atom stereocenters. The highest BCUT2D eigenvalue weighted by Crippen LogP contribution is 2.25. The third kappa shape index (κ3) is 8.93. The fourth-order valence-electron chi connectivity index (χ4n) is 5.06. The van der Waals surface area contributed by atoms with Gasteiger partial charge >= 0.3 is 5.97 Å². The molecule has 2 aromatic carbocycles. The molecular formula is C31H40N2O6S. The van der Waals surface area contributed by atoms with Gasteiger partial charge in [0.25, 0.3) is 0 Å². The molecule has 1 fully saturated rings. The molecule has 0 aliphatic carbocycles. The van der Waals surface area contributed by atoms with E-state index in [2.05, 4.69) is 4.72 Å². The second kappa shape index (κ2) is 14.5. The molecule has 8 nitrogen and oxygen atoms in total. The van der Waals surface area contributed by atoms with Gasteiger partial charge < -0.3 is 14.4 Å². The number of rotatable bonds is 5. The summed E-state index contributed by atoms with van der Waals surface area (Å²) in [6, 6.07) is 13.2. The van der Waals surface area contributed by atoms with Gasteiger partial charge in [-0.3, -0.25) is 4.79 Å². The summed E-state index contributed by atoms with van der Waals surface area (Å²) in [4.78, 5) is 28.1. The van der Waals surface area contributed by atoms with Crippen molar-refractivity contribution < 1.29 is 27.5 Å². The Labute approximate surface area is 237 Å². The van der Waals surface area contributed by atoms with Gasteiger partial charge in [-0.1, -0.05) is 50.1 Å². The van der Waals surface area contributed by atoms with Crippen LogP contribution in [-0.2, 0) is 26.0 Å². The van der Waals surface area contributed by atoms with Crippen LogP contribution in [0.3, 0.4) is 0 Å². The highest BCUT2D eigenvalue weighted by Gasteiger charge is 2.27. The monoisotopic (exact) mass is 568 g/mol. The Morgan fingerprint density at radius 2 is 1.70 bits per heavy atom. The lowest BCUT2D eigenvalue weighted by Gasteiger charge is -2.31. The lowest BCUT2D eigenvalue weighted by atomic mass is 9.91. The molecular weight excluding hydrogens is 528 g/mol. The standard InChI is InChI=1S/C31H40N2O6S/c1-2-3-22-40(36,37)32-28-23-25-11-14-27(15-12-25)38-21-7-6-8-24-17-19-33(20-18-24)30(34)16-13-26-9-4-5-10-29(26)39-31(28)35/h4-5,9-16,24,28,32H,2-3,6-8,17-23H2,1H3/b16-13+/t28-/m0/s1. The van der Waals surface area contributed by atoms with Crippen molar-refractivity contribution >= 4 is 28.0 Å². The number of benzene rings is 2. The molecule has 1 amide bonds. The van der Waals surface area contributed by atoms with Crippen LogP contribution in [0.2, 0.25) is 0 Å². The molecule has 5 aliphatic heterocycles. The van der Waals surface area contributed by atoms with E-state index in [1.807, 2.05) is 36.1 Å². The maximum absolute atomic E-state index is 13.4. The lowest BCUT2D eigenvalue weighted by molar-refractivity contribution is -0.136. The first kappa shape index (κ1) is 29.8. The molecule has 9 heteroatoms. The number of piperidine rings is 1. The number of para-hydroxylation sites is 1. The number of hydrogen-bond acceptors (Lipinski definition) is 6. The van der Waals surface area contributed by atoms with E-state index >= 15 is 0 Å². The van der Waals surface area contributed by atoms with Crippen LogP contribution in [0.4, 0.5) is 0 Å². The summed E-state index contributed by atoms with van der Waals surface area (Å²) in [7, 11) is -3.70.